The average Bonchev–Trinajstić information content (AvgIpc) is 3.17. The first-order valence-corrected chi connectivity index (χ1v) is 11.2. The van der Waals surface area contributed by atoms with Crippen molar-refractivity contribution in [1.82, 2.24) is 4.90 Å². The smallest absolute Gasteiger partial charge is 0.134 e. The van der Waals surface area contributed by atoms with Crippen molar-refractivity contribution >= 4 is 22.7 Å². The summed E-state index contributed by atoms with van der Waals surface area (Å²) in [5.41, 5.74) is 2.41. The molecule has 0 bridgehead atoms. The lowest BCUT2D eigenvalue weighted by atomic mass is 9.82. The number of rotatable bonds is 4. The van der Waals surface area contributed by atoms with Crippen LogP contribution in [0.4, 0.5) is 0 Å². The maximum absolute atomic E-state index is 5.94. The molecule has 3 nitrogen and oxygen atoms in total. The number of para-hydroxylation sites is 1. The van der Waals surface area contributed by atoms with Crippen molar-refractivity contribution in [2.24, 2.45) is 0 Å². The molecular weight excluding hydrogens is 366 g/mol. The van der Waals surface area contributed by atoms with Gasteiger partial charge in [-0.05, 0) is 75.0 Å². The molecule has 3 aromatic rings. The Labute approximate surface area is 171 Å². The molecule has 4 heteroatoms. The van der Waals surface area contributed by atoms with Crippen molar-refractivity contribution in [1.29, 1.82) is 0 Å². The van der Waals surface area contributed by atoms with Gasteiger partial charge < -0.3 is 14.1 Å². The third-order valence-corrected chi connectivity index (χ3v) is 7.43. The van der Waals surface area contributed by atoms with Crippen LogP contribution >= 0.6 is 11.8 Å². The van der Waals surface area contributed by atoms with E-state index in [2.05, 4.69) is 35.2 Å². The van der Waals surface area contributed by atoms with Crippen LogP contribution in [-0.4, -0.2) is 31.1 Å². The third-order valence-electron chi connectivity index (χ3n) is 6.38. The first-order chi connectivity index (χ1) is 13.8. The molecule has 2 aromatic carbocycles. The van der Waals surface area contributed by atoms with Crippen LogP contribution in [-0.2, 0) is 0 Å². The Bertz CT molecular complexity index is 966. The normalized spacial score (nSPS) is 22.9. The fourth-order valence-electron chi connectivity index (χ4n) is 4.91. The van der Waals surface area contributed by atoms with Crippen molar-refractivity contribution in [2.75, 3.05) is 20.2 Å². The van der Waals surface area contributed by atoms with Gasteiger partial charge in [0.25, 0.3) is 0 Å². The lowest BCUT2D eigenvalue weighted by molar-refractivity contribution is 0.0975. The zero-order valence-corrected chi connectivity index (χ0v) is 17.2. The molecular formula is C24H27NO2S. The summed E-state index contributed by atoms with van der Waals surface area (Å²) in [7, 11) is 1.73. The number of hydrogen-bond donors (Lipinski definition) is 0. The van der Waals surface area contributed by atoms with Crippen molar-refractivity contribution < 1.29 is 9.15 Å². The van der Waals surface area contributed by atoms with Gasteiger partial charge in [-0.25, -0.2) is 0 Å². The summed E-state index contributed by atoms with van der Waals surface area (Å²) in [4.78, 5) is 5.09. The molecule has 2 atom stereocenters. The van der Waals surface area contributed by atoms with E-state index in [1.807, 2.05) is 18.4 Å². The molecule has 0 spiro atoms. The Hall–Kier alpha value is -1.91. The highest BCUT2D eigenvalue weighted by Gasteiger charge is 2.32. The predicted octanol–water partition coefficient (Wildman–Crippen LogP) is 6.32. The summed E-state index contributed by atoms with van der Waals surface area (Å²) in [6.07, 6.45) is 8.67. The number of methoxy groups -OCH3 is 1. The highest BCUT2D eigenvalue weighted by Crippen LogP contribution is 2.41. The van der Waals surface area contributed by atoms with Gasteiger partial charge in [-0.15, -0.1) is 0 Å². The van der Waals surface area contributed by atoms with E-state index in [9.17, 15) is 0 Å². The van der Waals surface area contributed by atoms with Gasteiger partial charge in [0, 0.05) is 21.9 Å². The van der Waals surface area contributed by atoms with E-state index in [1.54, 1.807) is 18.9 Å². The minimum atomic E-state index is 0.618. The summed E-state index contributed by atoms with van der Waals surface area (Å²) >= 11 is 1.76. The van der Waals surface area contributed by atoms with Crippen LogP contribution in [0.2, 0.25) is 0 Å². The lowest BCUT2D eigenvalue weighted by Crippen LogP contribution is -2.44. The highest BCUT2D eigenvalue weighted by molar-refractivity contribution is 7.99. The summed E-state index contributed by atoms with van der Waals surface area (Å²) in [5.74, 6) is 1.54. The fourth-order valence-corrected chi connectivity index (χ4v) is 5.87. The molecule has 0 aliphatic carbocycles. The molecule has 1 aromatic heterocycles. The molecule has 2 saturated heterocycles. The van der Waals surface area contributed by atoms with Crippen LogP contribution in [0.15, 0.2) is 62.9 Å². The Kier molecular flexibility index (Phi) is 5.08. The zero-order chi connectivity index (χ0) is 18.9. The van der Waals surface area contributed by atoms with Crippen LogP contribution in [0.3, 0.4) is 0 Å². The molecule has 28 heavy (non-hydrogen) atoms. The molecule has 5 rings (SSSR count). The molecule has 0 radical (unpaired) electrons. The van der Waals surface area contributed by atoms with Gasteiger partial charge in [-0.2, -0.15) is 0 Å². The molecule has 146 valence electrons. The Morgan fingerprint density at radius 2 is 2.00 bits per heavy atom. The topological polar surface area (TPSA) is 25.6 Å². The lowest BCUT2D eigenvalue weighted by Gasteiger charge is -2.42. The van der Waals surface area contributed by atoms with Crippen LogP contribution < -0.4 is 4.74 Å². The van der Waals surface area contributed by atoms with Crippen LogP contribution in [0, 0.1) is 0 Å². The Morgan fingerprint density at radius 1 is 1.07 bits per heavy atom. The standard InChI is InChI=1S/C24H27NO2S/c1-26-23-7-2-3-8-24(23)28-19-9-10-22-20(15-19)21(16-27-22)17-11-13-25-12-5-4-6-18(25)14-17/h2-3,7-10,15-18H,4-6,11-14H2,1H3. The van der Waals surface area contributed by atoms with E-state index in [0.29, 0.717) is 5.92 Å². The Morgan fingerprint density at radius 3 is 2.93 bits per heavy atom. The van der Waals surface area contributed by atoms with E-state index in [4.69, 9.17) is 9.15 Å². The van der Waals surface area contributed by atoms with E-state index >= 15 is 0 Å². The van der Waals surface area contributed by atoms with E-state index < -0.39 is 0 Å². The van der Waals surface area contributed by atoms with Gasteiger partial charge in [0.15, 0.2) is 0 Å². The second-order valence-electron chi connectivity index (χ2n) is 8.01. The number of ether oxygens (including phenoxy) is 1. The Balaban J connectivity index is 1.42. The van der Waals surface area contributed by atoms with Crippen molar-refractivity contribution in [3.63, 3.8) is 0 Å². The zero-order valence-electron chi connectivity index (χ0n) is 16.4. The van der Waals surface area contributed by atoms with Gasteiger partial charge in [0.1, 0.15) is 11.3 Å². The van der Waals surface area contributed by atoms with Gasteiger partial charge in [0.2, 0.25) is 0 Å². The number of nitrogens with zero attached hydrogens (tertiary/aromatic N) is 1. The van der Waals surface area contributed by atoms with Crippen LogP contribution in [0.1, 0.15) is 43.6 Å². The largest absolute Gasteiger partial charge is 0.496 e. The van der Waals surface area contributed by atoms with E-state index in [-0.39, 0.29) is 0 Å². The second-order valence-corrected chi connectivity index (χ2v) is 9.12. The molecule has 0 saturated carbocycles. The maximum Gasteiger partial charge on any atom is 0.134 e. The maximum atomic E-state index is 5.94. The second kappa shape index (κ2) is 7.84. The van der Waals surface area contributed by atoms with Crippen molar-refractivity contribution in [2.45, 2.75) is 53.9 Å². The number of furan rings is 1. The summed E-state index contributed by atoms with van der Waals surface area (Å²) < 4.78 is 11.5. The van der Waals surface area contributed by atoms with Crippen LogP contribution in [0.25, 0.3) is 11.0 Å². The molecule has 0 amide bonds. The minimum Gasteiger partial charge on any atom is -0.496 e. The first kappa shape index (κ1) is 18.1. The first-order valence-electron chi connectivity index (χ1n) is 10.4. The minimum absolute atomic E-state index is 0.618. The van der Waals surface area contributed by atoms with Crippen LogP contribution in [0.5, 0.6) is 5.75 Å². The third kappa shape index (κ3) is 3.44. The van der Waals surface area contributed by atoms with E-state index in [0.717, 1.165) is 22.3 Å². The summed E-state index contributed by atoms with van der Waals surface area (Å²) in [6.45, 7) is 2.53. The molecule has 2 aliphatic heterocycles. The quantitative estimate of drug-likeness (QED) is 0.518. The molecule has 2 fully saturated rings. The summed E-state index contributed by atoms with van der Waals surface area (Å²) in [6, 6.07) is 15.5. The van der Waals surface area contributed by atoms with Crippen molar-refractivity contribution in [3.05, 3.63) is 54.3 Å². The fraction of sp³-hybridized carbons (Fsp3) is 0.417. The van der Waals surface area contributed by atoms with E-state index in [1.165, 1.54) is 61.0 Å². The molecule has 3 heterocycles. The highest BCUT2D eigenvalue weighted by atomic mass is 32.2. The van der Waals surface area contributed by atoms with Gasteiger partial charge in [-0.1, -0.05) is 30.3 Å². The molecule has 2 aliphatic rings. The van der Waals surface area contributed by atoms with Gasteiger partial charge in [0.05, 0.1) is 18.3 Å². The number of benzene rings is 2. The summed E-state index contributed by atoms with van der Waals surface area (Å²) in [5, 5.41) is 1.29. The number of hydrogen-bond acceptors (Lipinski definition) is 4. The number of fused-ring (bicyclic) bond motifs is 2. The van der Waals surface area contributed by atoms with Gasteiger partial charge in [-0.3, -0.25) is 0 Å². The van der Waals surface area contributed by atoms with Crippen molar-refractivity contribution in [3.8, 4) is 5.75 Å². The predicted molar refractivity (Wildman–Crippen MR) is 115 cm³/mol. The average molecular weight is 394 g/mol. The SMILES string of the molecule is COc1ccccc1Sc1ccc2occ(C3CCN4CCCCC4C3)c2c1. The molecule has 0 N–H and O–H groups in total. The number of piperidine rings is 2. The monoisotopic (exact) mass is 393 g/mol. The van der Waals surface area contributed by atoms with Gasteiger partial charge >= 0.3 is 0 Å². The molecule has 2 unspecified atom stereocenters.